The predicted molar refractivity (Wildman–Crippen MR) is 77.9 cm³/mol. The summed E-state index contributed by atoms with van der Waals surface area (Å²) < 4.78 is 10.8. The second-order valence-electron chi connectivity index (χ2n) is 4.23. The number of halogens is 1. The molecule has 5 heteroatoms. The number of rotatable bonds is 8. The van der Waals surface area contributed by atoms with Gasteiger partial charge in [-0.1, -0.05) is 28.1 Å². The highest BCUT2D eigenvalue weighted by Gasteiger charge is 2.09. The van der Waals surface area contributed by atoms with Gasteiger partial charge >= 0.3 is 5.97 Å². The van der Waals surface area contributed by atoms with E-state index in [-0.39, 0.29) is 5.97 Å². The van der Waals surface area contributed by atoms with Crippen molar-refractivity contribution in [3.05, 3.63) is 34.3 Å². The zero-order chi connectivity index (χ0) is 14.1. The highest BCUT2D eigenvalue weighted by molar-refractivity contribution is 9.10. The van der Waals surface area contributed by atoms with Crippen LogP contribution in [0.5, 0.6) is 0 Å². The molecule has 106 valence electrons. The molecular weight excluding hydrogens is 310 g/mol. The van der Waals surface area contributed by atoms with Gasteiger partial charge in [0.25, 0.3) is 0 Å². The predicted octanol–water partition coefficient (Wildman–Crippen LogP) is 2.46. The van der Waals surface area contributed by atoms with Crippen LogP contribution in [-0.2, 0) is 20.8 Å². The second-order valence-corrected chi connectivity index (χ2v) is 5.14. The molecule has 0 heterocycles. The summed E-state index contributed by atoms with van der Waals surface area (Å²) in [5, 5.41) is 0. The van der Waals surface area contributed by atoms with Crippen LogP contribution < -0.4 is 0 Å². The summed E-state index contributed by atoms with van der Waals surface area (Å²) in [5.74, 6) is -0.184. The van der Waals surface area contributed by atoms with Gasteiger partial charge in [-0.25, -0.2) is 0 Å². The van der Waals surface area contributed by atoms with Crippen LogP contribution in [0.1, 0.15) is 12.0 Å². The fourth-order valence-corrected chi connectivity index (χ4v) is 2.18. The van der Waals surface area contributed by atoms with Crippen molar-refractivity contribution in [2.24, 2.45) is 0 Å². The van der Waals surface area contributed by atoms with E-state index >= 15 is 0 Å². The molecule has 19 heavy (non-hydrogen) atoms. The van der Waals surface area contributed by atoms with Crippen LogP contribution >= 0.6 is 15.9 Å². The van der Waals surface area contributed by atoms with Gasteiger partial charge in [0.05, 0.1) is 20.1 Å². The molecule has 0 amide bonds. The van der Waals surface area contributed by atoms with Crippen molar-refractivity contribution in [2.75, 3.05) is 33.9 Å². The van der Waals surface area contributed by atoms with Crippen molar-refractivity contribution in [3.63, 3.8) is 0 Å². The lowest BCUT2D eigenvalue weighted by Crippen LogP contribution is -2.29. The lowest BCUT2D eigenvalue weighted by molar-refractivity contribution is -0.141. The molecule has 0 aromatic heterocycles. The Hall–Kier alpha value is -0.910. The van der Waals surface area contributed by atoms with Gasteiger partial charge in [-0.05, 0) is 17.7 Å². The summed E-state index contributed by atoms with van der Waals surface area (Å²) in [5.41, 5.74) is 1.20. The molecule has 1 aromatic carbocycles. The first-order valence-corrected chi connectivity index (χ1v) is 6.97. The molecule has 1 aromatic rings. The number of esters is 1. The Morgan fingerprint density at radius 3 is 2.74 bits per heavy atom. The zero-order valence-electron chi connectivity index (χ0n) is 11.4. The lowest BCUT2D eigenvalue weighted by atomic mass is 10.2. The number of benzene rings is 1. The molecule has 0 saturated carbocycles. The Bertz CT molecular complexity index is 398. The van der Waals surface area contributed by atoms with E-state index in [1.165, 1.54) is 12.7 Å². The van der Waals surface area contributed by atoms with Crippen LogP contribution in [0.3, 0.4) is 0 Å². The van der Waals surface area contributed by atoms with Crippen LogP contribution in [0, 0.1) is 0 Å². The normalized spacial score (nSPS) is 10.7. The molecule has 0 radical (unpaired) electrons. The third-order valence-electron chi connectivity index (χ3n) is 2.77. The van der Waals surface area contributed by atoms with Gasteiger partial charge in [-0.2, -0.15) is 0 Å². The average Bonchev–Trinajstić information content (AvgIpc) is 2.41. The first kappa shape index (κ1) is 16.1. The Morgan fingerprint density at radius 2 is 2.11 bits per heavy atom. The maximum absolute atomic E-state index is 11.2. The minimum absolute atomic E-state index is 0.184. The fourth-order valence-electron chi connectivity index (χ4n) is 1.74. The second kappa shape index (κ2) is 9.07. The summed E-state index contributed by atoms with van der Waals surface area (Å²) >= 11 is 3.46. The molecule has 0 aliphatic heterocycles. The van der Waals surface area contributed by atoms with Crippen LogP contribution in [0.4, 0.5) is 0 Å². The Labute approximate surface area is 122 Å². The molecule has 0 saturated heterocycles. The van der Waals surface area contributed by atoms with E-state index in [0.29, 0.717) is 19.6 Å². The van der Waals surface area contributed by atoms with Gasteiger partial charge < -0.3 is 9.47 Å². The number of methoxy groups -OCH3 is 2. The average molecular weight is 330 g/mol. The van der Waals surface area contributed by atoms with E-state index < -0.39 is 0 Å². The van der Waals surface area contributed by atoms with Gasteiger partial charge in [-0.3, -0.25) is 9.69 Å². The number of hydrogen-bond acceptors (Lipinski definition) is 4. The van der Waals surface area contributed by atoms with E-state index in [2.05, 4.69) is 37.7 Å². The summed E-state index contributed by atoms with van der Waals surface area (Å²) in [6, 6.07) is 8.16. The number of nitrogens with zero attached hydrogens (tertiary/aromatic N) is 1. The lowest BCUT2D eigenvalue weighted by Gasteiger charge is -2.21. The molecule has 0 unspecified atom stereocenters. The van der Waals surface area contributed by atoms with E-state index in [1.807, 2.05) is 12.1 Å². The monoisotopic (exact) mass is 329 g/mol. The minimum atomic E-state index is -0.184. The molecule has 4 nitrogen and oxygen atoms in total. The minimum Gasteiger partial charge on any atom is -0.469 e. The largest absolute Gasteiger partial charge is 0.469 e. The first-order chi connectivity index (χ1) is 9.15. The quantitative estimate of drug-likeness (QED) is 0.687. The highest BCUT2D eigenvalue weighted by Crippen LogP contribution is 2.13. The zero-order valence-corrected chi connectivity index (χ0v) is 13.0. The molecule has 0 fully saturated rings. The molecule has 0 bridgehead atoms. The van der Waals surface area contributed by atoms with E-state index in [0.717, 1.165) is 17.6 Å². The van der Waals surface area contributed by atoms with E-state index in [4.69, 9.17) is 4.74 Å². The van der Waals surface area contributed by atoms with Crippen molar-refractivity contribution in [3.8, 4) is 0 Å². The van der Waals surface area contributed by atoms with Crippen molar-refractivity contribution in [1.29, 1.82) is 0 Å². The Balaban J connectivity index is 2.55. The van der Waals surface area contributed by atoms with Crippen molar-refractivity contribution in [1.82, 2.24) is 4.90 Å². The Kier molecular flexibility index (Phi) is 7.70. The molecule has 0 atom stereocenters. The number of carbonyl (C=O) groups is 1. The van der Waals surface area contributed by atoms with Gasteiger partial charge in [0.15, 0.2) is 0 Å². The molecule has 0 N–H and O–H groups in total. The highest BCUT2D eigenvalue weighted by atomic mass is 79.9. The molecule has 0 spiro atoms. The molecule has 0 aliphatic carbocycles. The maximum Gasteiger partial charge on any atom is 0.306 e. The van der Waals surface area contributed by atoms with Crippen molar-refractivity contribution >= 4 is 21.9 Å². The molecule has 1 rings (SSSR count). The third-order valence-corrected chi connectivity index (χ3v) is 3.26. The fraction of sp³-hybridized carbons (Fsp3) is 0.500. The first-order valence-electron chi connectivity index (χ1n) is 6.18. The molecule has 0 aliphatic rings. The number of carbonyl (C=O) groups excluding carboxylic acids is 1. The summed E-state index contributed by atoms with van der Waals surface area (Å²) in [6.07, 6.45) is 0.397. The number of ether oxygens (including phenoxy) is 2. The van der Waals surface area contributed by atoms with Crippen molar-refractivity contribution in [2.45, 2.75) is 13.0 Å². The summed E-state index contributed by atoms with van der Waals surface area (Å²) in [6.45, 7) is 2.90. The van der Waals surface area contributed by atoms with E-state index in [1.54, 1.807) is 7.11 Å². The molecular formula is C14H20BrNO3. The van der Waals surface area contributed by atoms with Gasteiger partial charge in [0.2, 0.25) is 0 Å². The van der Waals surface area contributed by atoms with Gasteiger partial charge in [0, 0.05) is 31.2 Å². The topological polar surface area (TPSA) is 38.8 Å². The van der Waals surface area contributed by atoms with Crippen LogP contribution in [-0.4, -0.2) is 44.8 Å². The number of hydrogen-bond donors (Lipinski definition) is 0. The van der Waals surface area contributed by atoms with Gasteiger partial charge in [0.1, 0.15) is 0 Å². The summed E-state index contributed by atoms with van der Waals surface area (Å²) in [7, 11) is 3.09. The maximum atomic E-state index is 11.2. The van der Waals surface area contributed by atoms with E-state index in [9.17, 15) is 4.79 Å². The van der Waals surface area contributed by atoms with Crippen LogP contribution in [0.2, 0.25) is 0 Å². The standard InChI is InChI=1S/C14H20BrNO3/c1-18-9-8-16(7-6-14(17)19-2)11-12-4-3-5-13(15)10-12/h3-5,10H,6-9,11H2,1-2H3. The third kappa shape index (κ3) is 6.71. The van der Waals surface area contributed by atoms with Crippen LogP contribution in [0.15, 0.2) is 28.7 Å². The van der Waals surface area contributed by atoms with Crippen molar-refractivity contribution < 1.29 is 14.3 Å². The smallest absolute Gasteiger partial charge is 0.306 e. The SMILES string of the molecule is COCCN(CCC(=O)OC)Cc1cccc(Br)c1. The van der Waals surface area contributed by atoms with Gasteiger partial charge in [-0.15, -0.1) is 0 Å². The Morgan fingerprint density at radius 1 is 1.32 bits per heavy atom. The van der Waals surface area contributed by atoms with Crippen LogP contribution in [0.25, 0.3) is 0 Å². The summed E-state index contributed by atoms with van der Waals surface area (Å²) in [4.78, 5) is 13.4.